The maximum Gasteiger partial charge on any atom is 0.305 e. The highest BCUT2D eigenvalue weighted by Crippen LogP contribution is 2.18. The zero-order valence-electron chi connectivity index (χ0n) is 50.5. The van der Waals surface area contributed by atoms with E-state index in [2.05, 4.69) is 43.5 Å². The quantitative estimate of drug-likeness (QED) is 0.0320. The summed E-state index contributed by atoms with van der Waals surface area (Å²) >= 11 is 0. The second-order valence-electron chi connectivity index (χ2n) is 23.1. The van der Waals surface area contributed by atoms with Crippen molar-refractivity contribution in [1.82, 2.24) is 5.32 Å². The van der Waals surface area contributed by atoms with Crippen LogP contribution in [0.4, 0.5) is 0 Å². The molecule has 442 valence electrons. The molecule has 0 spiro atoms. The number of ether oxygens (including phenoxy) is 1. The largest absolute Gasteiger partial charge is 0.466 e. The van der Waals surface area contributed by atoms with E-state index >= 15 is 0 Å². The van der Waals surface area contributed by atoms with Crippen molar-refractivity contribution >= 4 is 11.9 Å². The number of esters is 1. The van der Waals surface area contributed by atoms with E-state index < -0.39 is 12.1 Å². The van der Waals surface area contributed by atoms with Gasteiger partial charge in [0, 0.05) is 12.8 Å². The Kier molecular flexibility index (Phi) is 63.0. The van der Waals surface area contributed by atoms with Crippen LogP contribution in [0, 0.1) is 0 Å². The normalized spacial score (nSPS) is 12.7. The van der Waals surface area contributed by atoms with Gasteiger partial charge in [0.05, 0.1) is 25.4 Å². The van der Waals surface area contributed by atoms with Crippen molar-refractivity contribution in [3.05, 3.63) is 36.5 Å². The molecule has 6 heteroatoms. The Labute approximate surface area is 468 Å². The molecule has 0 aliphatic heterocycles. The highest BCUT2D eigenvalue weighted by Gasteiger charge is 2.18. The monoisotopic (exact) mass is 1050 g/mol. The third-order valence-corrected chi connectivity index (χ3v) is 15.6. The van der Waals surface area contributed by atoms with Crippen LogP contribution in [0.1, 0.15) is 367 Å². The number of hydrogen-bond acceptors (Lipinski definition) is 5. The molecule has 0 aliphatic carbocycles. The number of amides is 1. The van der Waals surface area contributed by atoms with E-state index in [1.165, 1.54) is 302 Å². The van der Waals surface area contributed by atoms with Crippen LogP contribution in [0.2, 0.25) is 0 Å². The van der Waals surface area contributed by atoms with E-state index in [0.29, 0.717) is 19.4 Å². The summed E-state index contributed by atoms with van der Waals surface area (Å²) in [6.45, 7) is 4.90. The molecule has 0 rings (SSSR count). The number of carbonyl (C=O) groups is 2. The average Bonchev–Trinajstić information content (AvgIpc) is 3.41. The molecule has 0 aromatic rings. The van der Waals surface area contributed by atoms with Crippen LogP contribution in [0.15, 0.2) is 36.5 Å². The van der Waals surface area contributed by atoms with Gasteiger partial charge in [-0.15, -0.1) is 0 Å². The van der Waals surface area contributed by atoms with Gasteiger partial charge in [-0.05, 0) is 83.5 Å². The molecular weight excluding hydrogens is 923 g/mol. The zero-order valence-corrected chi connectivity index (χ0v) is 50.5. The molecule has 0 radical (unpaired) electrons. The van der Waals surface area contributed by atoms with E-state index in [-0.39, 0.29) is 18.5 Å². The summed E-state index contributed by atoms with van der Waals surface area (Å²) < 4.78 is 5.51. The first-order valence-electron chi connectivity index (χ1n) is 33.8. The summed E-state index contributed by atoms with van der Waals surface area (Å²) in [5, 5.41) is 23.0. The van der Waals surface area contributed by atoms with Gasteiger partial charge in [0.25, 0.3) is 0 Å². The summed E-state index contributed by atoms with van der Waals surface area (Å²) in [6.07, 6.45) is 82.2. The van der Waals surface area contributed by atoms with E-state index in [1.807, 2.05) is 6.08 Å². The zero-order chi connectivity index (χ0) is 54.3. The van der Waals surface area contributed by atoms with Gasteiger partial charge >= 0.3 is 5.97 Å². The Morgan fingerprint density at radius 2 is 0.627 bits per heavy atom. The minimum atomic E-state index is -0.842. The van der Waals surface area contributed by atoms with Gasteiger partial charge in [0.1, 0.15) is 0 Å². The number of aliphatic hydroxyl groups excluding tert-OH is 2. The predicted molar refractivity (Wildman–Crippen MR) is 329 cm³/mol. The van der Waals surface area contributed by atoms with E-state index in [0.717, 1.165) is 38.5 Å². The number of carbonyl (C=O) groups excluding carboxylic acids is 2. The van der Waals surface area contributed by atoms with E-state index in [4.69, 9.17) is 4.74 Å². The van der Waals surface area contributed by atoms with E-state index in [1.54, 1.807) is 6.08 Å². The first-order valence-corrected chi connectivity index (χ1v) is 33.8. The van der Waals surface area contributed by atoms with E-state index in [9.17, 15) is 19.8 Å². The molecule has 0 aliphatic rings. The summed E-state index contributed by atoms with van der Waals surface area (Å²) in [7, 11) is 0. The van der Waals surface area contributed by atoms with Crippen molar-refractivity contribution in [2.45, 2.75) is 379 Å². The fourth-order valence-electron chi connectivity index (χ4n) is 10.4. The Morgan fingerprint density at radius 1 is 0.360 bits per heavy atom. The van der Waals surface area contributed by atoms with Crippen LogP contribution in [-0.4, -0.2) is 47.4 Å². The average molecular weight is 1050 g/mol. The maximum absolute atomic E-state index is 12.4. The molecule has 0 saturated heterocycles. The molecule has 75 heavy (non-hydrogen) atoms. The van der Waals surface area contributed by atoms with Crippen LogP contribution in [0.25, 0.3) is 0 Å². The minimum Gasteiger partial charge on any atom is -0.466 e. The highest BCUT2D eigenvalue weighted by atomic mass is 16.5. The minimum absolute atomic E-state index is 0.0159. The summed E-state index contributed by atoms with van der Waals surface area (Å²) in [5.41, 5.74) is 0. The molecule has 0 aromatic carbocycles. The van der Waals surface area contributed by atoms with Crippen LogP contribution >= 0.6 is 0 Å². The van der Waals surface area contributed by atoms with Crippen molar-refractivity contribution in [3.8, 4) is 0 Å². The molecule has 0 bridgehead atoms. The molecule has 2 unspecified atom stereocenters. The SMILES string of the molecule is CCCCCCCC/C=C\CCCCCCCCCCCC(=O)OCCCCCCCCCCCCCC/C=C\CCCCCCCCCCCCCCCC(=O)NC(CO)C(O)/C=C/CCCCCCCCCC. The Hall–Kier alpha value is -1.92. The molecule has 1 amide bonds. The van der Waals surface area contributed by atoms with Crippen molar-refractivity contribution in [2.75, 3.05) is 13.2 Å². The molecule has 0 heterocycles. The lowest BCUT2D eigenvalue weighted by Crippen LogP contribution is -2.45. The lowest BCUT2D eigenvalue weighted by atomic mass is 10.0. The molecule has 0 aromatic heterocycles. The van der Waals surface area contributed by atoms with Crippen LogP contribution < -0.4 is 5.32 Å². The first-order chi connectivity index (χ1) is 37.0. The van der Waals surface area contributed by atoms with Gasteiger partial charge in [-0.1, -0.05) is 307 Å². The summed E-state index contributed by atoms with van der Waals surface area (Å²) in [6, 6.07) is -0.625. The summed E-state index contributed by atoms with van der Waals surface area (Å²) in [4.78, 5) is 24.5. The van der Waals surface area contributed by atoms with Gasteiger partial charge in [-0.3, -0.25) is 9.59 Å². The first kappa shape index (κ1) is 73.1. The van der Waals surface area contributed by atoms with Crippen LogP contribution in [0.5, 0.6) is 0 Å². The standard InChI is InChI=1S/C69H131NO5/c1-3-5-7-9-11-13-15-16-17-18-30-34-37-40-43-47-51-55-59-63-69(74)75-64-60-56-52-48-44-41-38-35-32-29-27-25-23-21-19-20-22-24-26-28-31-33-36-39-42-46-50-54-58-62-68(73)70-66(65-71)67(72)61-57-53-49-45-14-12-10-8-6-4-2/h16-17,19,21,57,61,66-67,71-72H,3-15,18,20,22-56,58-60,62-65H2,1-2H3,(H,70,73)/b17-16-,21-19-,61-57+. The number of rotatable bonds is 63. The summed E-state index contributed by atoms with van der Waals surface area (Å²) in [5.74, 6) is -0.0523. The molecule has 6 nitrogen and oxygen atoms in total. The van der Waals surface area contributed by atoms with Gasteiger partial charge < -0.3 is 20.3 Å². The highest BCUT2D eigenvalue weighted by molar-refractivity contribution is 5.76. The number of allylic oxidation sites excluding steroid dienone is 5. The smallest absolute Gasteiger partial charge is 0.305 e. The Balaban J connectivity index is 3.34. The number of aliphatic hydroxyl groups is 2. The van der Waals surface area contributed by atoms with Gasteiger partial charge in [0.15, 0.2) is 0 Å². The van der Waals surface area contributed by atoms with Gasteiger partial charge in [-0.2, -0.15) is 0 Å². The van der Waals surface area contributed by atoms with Crippen molar-refractivity contribution in [2.24, 2.45) is 0 Å². The number of unbranched alkanes of at least 4 members (excludes halogenated alkanes) is 48. The second kappa shape index (κ2) is 64.6. The molecule has 2 atom stereocenters. The third kappa shape index (κ3) is 61.2. The lowest BCUT2D eigenvalue weighted by Gasteiger charge is -2.20. The topological polar surface area (TPSA) is 95.9 Å². The van der Waals surface area contributed by atoms with Crippen molar-refractivity contribution in [3.63, 3.8) is 0 Å². The molecule has 0 saturated carbocycles. The molecule has 3 N–H and O–H groups in total. The van der Waals surface area contributed by atoms with Gasteiger partial charge in [0.2, 0.25) is 5.91 Å². The number of nitrogens with one attached hydrogen (secondary N) is 1. The van der Waals surface area contributed by atoms with Crippen LogP contribution in [0.3, 0.4) is 0 Å². The van der Waals surface area contributed by atoms with Crippen molar-refractivity contribution in [1.29, 1.82) is 0 Å². The number of hydrogen-bond donors (Lipinski definition) is 3. The van der Waals surface area contributed by atoms with Crippen LogP contribution in [-0.2, 0) is 14.3 Å². The molecule has 0 fully saturated rings. The fraction of sp³-hybridized carbons (Fsp3) is 0.884. The second-order valence-corrected chi connectivity index (χ2v) is 23.1. The van der Waals surface area contributed by atoms with Crippen molar-refractivity contribution < 1.29 is 24.5 Å². The maximum atomic E-state index is 12.4. The Bertz CT molecular complexity index is 1210. The third-order valence-electron chi connectivity index (χ3n) is 15.6. The fourth-order valence-corrected chi connectivity index (χ4v) is 10.4. The molecular formula is C69H131NO5. The Morgan fingerprint density at radius 3 is 0.947 bits per heavy atom. The van der Waals surface area contributed by atoms with Gasteiger partial charge in [-0.25, -0.2) is 0 Å². The lowest BCUT2D eigenvalue weighted by molar-refractivity contribution is -0.143. The predicted octanol–water partition coefficient (Wildman–Crippen LogP) is 21.5.